The topological polar surface area (TPSA) is 0 Å². The predicted molar refractivity (Wildman–Crippen MR) is 53.5 cm³/mol. The van der Waals surface area contributed by atoms with E-state index >= 15 is 0 Å². The molecular weight excluding hydrogens is 254 g/mol. The molecule has 0 aliphatic rings. The number of alkyl halides is 1. The summed E-state index contributed by atoms with van der Waals surface area (Å²) in [7, 11) is 0. The Balaban J connectivity index is 2.99. The Morgan fingerprint density at radius 2 is 2.18 bits per heavy atom. The molecule has 0 unspecified atom stereocenters. The number of benzene rings is 1. The summed E-state index contributed by atoms with van der Waals surface area (Å²) in [5, 5.41) is 0. The summed E-state index contributed by atoms with van der Waals surface area (Å²) in [6.07, 6.45) is 0.901. The first-order chi connectivity index (χ1) is 5.27. The van der Waals surface area contributed by atoms with Crippen LogP contribution in [0.1, 0.15) is 18.1 Å². The number of halogens is 2. The molecule has 0 heterocycles. The third-order valence-corrected chi connectivity index (χ3v) is 2.49. The van der Waals surface area contributed by atoms with Crippen molar-refractivity contribution >= 4 is 22.6 Å². The maximum atomic E-state index is 13.0. The van der Waals surface area contributed by atoms with E-state index < -0.39 is 0 Å². The molecule has 0 fully saturated rings. The molecule has 11 heavy (non-hydrogen) atoms. The van der Waals surface area contributed by atoms with Gasteiger partial charge in [0, 0.05) is 4.43 Å². The number of hydrogen-bond acceptors (Lipinski definition) is 0. The van der Waals surface area contributed by atoms with E-state index in [1.165, 1.54) is 0 Å². The van der Waals surface area contributed by atoms with Crippen molar-refractivity contribution in [1.82, 2.24) is 0 Å². The summed E-state index contributed by atoms with van der Waals surface area (Å²) in [6, 6.07) is 5.46. The van der Waals surface area contributed by atoms with Crippen molar-refractivity contribution in [2.45, 2.75) is 17.8 Å². The second-order valence-corrected chi connectivity index (χ2v) is 3.18. The van der Waals surface area contributed by atoms with Gasteiger partial charge in [-0.2, -0.15) is 0 Å². The van der Waals surface area contributed by atoms with Crippen molar-refractivity contribution in [2.24, 2.45) is 0 Å². The molecular formula is C9H10FI. The first-order valence-electron chi connectivity index (χ1n) is 3.61. The van der Waals surface area contributed by atoms with E-state index in [9.17, 15) is 4.39 Å². The Labute approximate surface area is 80.0 Å². The summed E-state index contributed by atoms with van der Waals surface area (Å²) in [4.78, 5) is 0. The maximum absolute atomic E-state index is 13.0. The molecule has 60 valence electrons. The highest BCUT2D eigenvalue weighted by Gasteiger charge is 1.99. The molecule has 0 N–H and O–H groups in total. The Morgan fingerprint density at radius 1 is 1.45 bits per heavy atom. The van der Waals surface area contributed by atoms with Gasteiger partial charge in [-0.05, 0) is 23.6 Å². The monoisotopic (exact) mass is 264 g/mol. The summed E-state index contributed by atoms with van der Waals surface area (Å²) in [6.45, 7) is 2.03. The molecule has 0 spiro atoms. The van der Waals surface area contributed by atoms with Crippen LogP contribution in [0.15, 0.2) is 18.2 Å². The summed E-state index contributed by atoms with van der Waals surface area (Å²) in [5.74, 6) is -0.0706. The summed E-state index contributed by atoms with van der Waals surface area (Å²) < 4.78 is 13.8. The van der Waals surface area contributed by atoms with Gasteiger partial charge in [0.25, 0.3) is 0 Å². The van der Waals surface area contributed by atoms with Crippen molar-refractivity contribution < 1.29 is 4.39 Å². The van der Waals surface area contributed by atoms with Gasteiger partial charge in [0.1, 0.15) is 5.82 Å². The van der Waals surface area contributed by atoms with E-state index in [1.807, 2.05) is 19.1 Å². The fourth-order valence-electron chi connectivity index (χ4n) is 0.919. The van der Waals surface area contributed by atoms with Gasteiger partial charge < -0.3 is 0 Å². The zero-order valence-corrected chi connectivity index (χ0v) is 8.56. The highest BCUT2D eigenvalue weighted by Crippen LogP contribution is 2.13. The summed E-state index contributed by atoms with van der Waals surface area (Å²) >= 11 is 2.16. The average Bonchev–Trinajstić information content (AvgIpc) is 2.04. The molecule has 0 aliphatic heterocycles. The van der Waals surface area contributed by atoms with Crippen LogP contribution in [0, 0.1) is 5.82 Å². The van der Waals surface area contributed by atoms with Gasteiger partial charge in [0.05, 0.1) is 0 Å². The van der Waals surface area contributed by atoms with Crippen LogP contribution in [0.3, 0.4) is 0 Å². The standard InChI is InChI=1S/C9H10FI/c1-2-7-3-4-8(6-11)9(10)5-7/h3-5H,2,6H2,1H3. The smallest absolute Gasteiger partial charge is 0.127 e. The average molecular weight is 264 g/mol. The molecule has 0 aromatic heterocycles. The number of rotatable bonds is 2. The second-order valence-electron chi connectivity index (χ2n) is 2.41. The lowest BCUT2D eigenvalue weighted by atomic mass is 10.1. The van der Waals surface area contributed by atoms with Gasteiger partial charge >= 0.3 is 0 Å². The van der Waals surface area contributed by atoms with Crippen LogP contribution in [0.2, 0.25) is 0 Å². The van der Waals surface area contributed by atoms with Gasteiger partial charge in [-0.3, -0.25) is 0 Å². The highest BCUT2D eigenvalue weighted by molar-refractivity contribution is 14.1. The first-order valence-corrected chi connectivity index (χ1v) is 5.13. The Hall–Kier alpha value is -0.120. The predicted octanol–water partition coefficient (Wildman–Crippen LogP) is 3.32. The Morgan fingerprint density at radius 3 is 2.64 bits per heavy atom. The SMILES string of the molecule is CCc1ccc(CI)c(F)c1. The zero-order chi connectivity index (χ0) is 8.27. The molecule has 0 atom stereocenters. The quantitative estimate of drug-likeness (QED) is 0.567. The minimum atomic E-state index is -0.0706. The van der Waals surface area contributed by atoms with Crippen LogP contribution in [0.5, 0.6) is 0 Å². The van der Waals surface area contributed by atoms with Crippen molar-refractivity contribution in [1.29, 1.82) is 0 Å². The number of hydrogen-bond donors (Lipinski definition) is 0. The van der Waals surface area contributed by atoms with Crippen molar-refractivity contribution in [2.75, 3.05) is 0 Å². The third kappa shape index (κ3) is 2.15. The van der Waals surface area contributed by atoms with Gasteiger partial charge in [-0.25, -0.2) is 4.39 Å². The first kappa shape index (κ1) is 8.97. The van der Waals surface area contributed by atoms with E-state index in [4.69, 9.17) is 0 Å². The maximum Gasteiger partial charge on any atom is 0.127 e. The second kappa shape index (κ2) is 4.04. The van der Waals surface area contributed by atoms with E-state index in [0.717, 1.165) is 22.0 Å². The van der Waals surface area contributed by atoms with E-state index in [2.05, 4.69) is 22.6 Å². The number of aryl methyl sites for hydroxylation is 1. The van der Waals surface area contributed by atoms with Gasteiger partial charge in [0.15, 0.2) is 0 Å². The van der Waals surface area contributed by atoms with E-state index in [-0.39, 0.29) is 5.82 Å². The molecule has 0 saturated heterocycles. The van der Waals surface area contributed by atoms with Crippen LogP contribution in [0.25, 0.3) is 0 Å². The fraction of sp³-hybridized carbons (Fsp3) is 0.333. The van der Waals surface area contributed by atoms with Crippen LogP contribution >= 0.6 is 22.6 Å². The van der Waals surface area contributed by atoms with E-state index in [0.29, 0.717) is 0 Å². The fourth-order valence-corrected chi connectivity index (χ4v) is 1.54. The molecule has 0 nitrogen and oxygen atoms in total. The lowest BCUT2D eigenvalue weighted by Gasteiger charge is -2.00. The van der Waals surface area contributed by atoms with Gasteiger partial charge in [-0.1, -0.05) is 41.6 Å². The lowest BCUT2D eigenvalue weighted by molar-refractivity contribution is 0.616. The van der Waals surface area contributed by atoms with Crippen LogP contribution in [0.4, 0.5) is 4.39 Å². The summed E-state index contributed by atoms with van der Waals surface area (Å²) in [5.41, 5.74) is 1.86. The minimum Gasteiger partial charge on any atom is -0.207 e. The Kier molecular flexibility index (Phi) is 3.30. The van der Waals surface area contributed by atoms with Crippen LogP contribution in [-0.2, 0) is 10.8 Å². The molecule has 0 aliphatic carbocycles. The molecule has 2 heteroatoms. The van der Waals surface area contributed by atoms with E-state index in [1.54, 1.807) is 6.07 Å². The molecule has 0 radical (unpaired) electrons. The molecule has 1 rings (SSSR count). The van der Waals surface area contributed by atoms with Gasteiger partial charge in [0.2, 0.25) is 0 Å². The van der Waals surface area contributed by atoms with Crippen LogP contribution in [-0.4, -0.2) is 0 Å². The van der Waals surface area contributed by atoms with Crippen molar-refractivity contribution in [3.63, 3.8) is 0 Å². The molecule has 0 saturated carbocycles. The minimum absolute atomic E-state index is 0.0706. The normalized spacial score (nSPS) is 10.1. The van der Waals surface area contributed by atoms with Crippen molar-refractivity contribution in [3.8, 4) is 0 Å². The molecule has 1 aromatic carbocycles. The third-order valence-electron chi connectivity index (χ3n) is 1.67. The highest BCUT2D eigenvalue weighted by atomic mass is 127. The zero-order valence-electron chi connectivity index (χ0n) is 6.40. The molecule has 0 amide bonds. The molecule has 0 bridgehead atoms. The molecule has 1 aromatic rings. The largest absolute Gasteiger partial charge is 0.207 e. The van der Waals surface area contributed by atoms with Gasteiger partial charge in [-0.15, -0.1) is 0 Å². The Bertz CT molecular complexity index is 245. The lowest BCUT2D eigenvalue weighted by Crippen LogP contribution is -1.88. The van der Waals surface area contributed by atoms with Crippen LogP contribution < -0.4 is 0 Å². The van der Waals surface area contributed by atoms with Crippen molar-refractivity contribution in [3.05, 3.63) is 35.1 Å².